The van der Waals surface area contributed by atoms with Crippen LogP contribution in [0.1, 0.15) is 70.3 Å². The molecule has 7 nitrogen and oxygen atoms in total. The van der Waals surface area contributed by atoms with E-state index in [-0.39, 0.29) is 18.7 Å². The monoisotopic (exact) mass is 392 g/mol. The molecule has 1 N–H and O–H groups in total. The zero-order valence-corrected chi connectivity index (χ0v) is 17.9. The van der Waals surface area contributed by atoms with E-state index in [1.165, 1.54) is 0 Å². The first-order valence-electron chi connectivity index (χ1n) is 9.37. The number of aryl methyl sites for hydroxylation is 1. The van der Waals surface area contributed by atoms with E-state index < -0.39 is 23.4 Å². The van der Waals surface area contributed by atoms with Crippen molar-refractivity contribution in [2.75, 3.05) is 6.54 Å². The maximum Gasteiger partial charge on any atom is 0.429 e. The summed E-state index contributed by atoms with van der Waals surface area (Å²) in [6, 6.07) is 7.32. The second kappa shape index (κ2) is 9.57. The van der Waals surface area contributed by atoms with Gasteiger partial charge in [0.2, 0.25) is 0 Å². The molecule has 2 amide bonds. The first-order chi connectivity index (χ1) is 12.8. The van der Waals surface area contributed by atoms with Crippen LogP contribution in [0.3, 0.4) is 0 Å². The molecule has 1 aromatic rings. The second-order valence-electron chi connectivity index (χ2n) is 8.64. The first kappa shape index (κ1) is 23.5. The molecule has 0 radical (unpaired) electrons. The van der Waals surface area contributed by atoms with Crippen LogP contribution >= 0.6 is 0 Å². The summed E-state index contributed by atoms with van der Waals surface area (Å²) in [5.74, 6) is -0.0265. The van der Waals surface area contributed by atoms with Crippen LogP contribution in [-0.4, -0.2) is 40.7 Å². The molecule has 0 aromatic heterocycles. The van der Waals surface area contributed by atoms with Crippen LogP contribution in [0.15, 0.2) is 24.3 Å². The molecular formula is C21H32N2O5. The van der Waals surface area contributed by atoms with Gasteiger partial charge in [-0.15, -0.1) is 0 Å². The van der Waals surface area contributed by atoms with Gasteiger partial charge in [0.05, 0.1) is 0 Å². The van der Waals surface area contributed by atoms with Gasteiger partial charge in [-0.05, 0) is 54.9 Å². The summed E-state index contributed by atoms with van der Waals surface area (Å²) in [6.45, 7) is 12.5. The van der Waals surface area contributed by atoms with Gasteiger partial charge in [0.25, 0.3) is 0 Å². The van der Waals surface area contributed by atoms with E-state index in [0.717, 1.165) is 10.6 Å². The highest BCUT2D eigenvalue weighted by Gasteiger charge is 2.26. The zero-order chi connectivity index (χ0) is 21.5. The van der Waals surface area contributed by atoms with Crippen LogP contribution in [0.25, 0.3) is 0 Å². The average molecular weight is 392 g/mol. The Morgan fingerprint density at radius 1 is 0.929 bits per heavy atom. The molecule has 1 aromatic carbocycles. The van der Waals surface area contributed by atoms with Gasteiger partial charge in [-0.1, -0.05) is 29.8 Å². The summed E-state index contributed by atoms with van der Waals surface area (Å²) in [5.41, 5.74) is 2.68. The molecular weight excluding hydrogens is 360 g/mol. The van der Waals surface area contributed by atoms with Gasteiger partial charge in [-0.2, -0.15) is 0 Å². The minimum atomic E-state index is -0.761. The summed E-state index contributed by atoms with van der Waals surface area (Å²) in [7, 11) is 0. The number of rotatable bonds is 5. The predicted octanol–water partition coefficient (Wildman–Crippen LogP) is 4.63. The van der Waals surface area contributed by atoms with Crippen LogP contribution < -0.4 is 5.43 Å². The smallest absolute Gasteiger partial charge is 0.429 e. The van der Waals surface area contributed by atoms with Crippen molar-refractivity contribution in [3.05, 3.63) is 35.4 Å². The molecule has 156 valence electrons. The van der Waals surface area contributed by atoms with Crippen molar-refractivity contribution in [2.45, 2.75) is 72.5 Å². The molecule has 0 saturated carbocycles. The predicted molar refractivity (Wildman–Crippen MR) is 107 cm³/mol. The number of nitrogens with zero attached hydrogens (tertiary/aromatic N) is 1. The van der Waals surface area contributed by atoms with Gasteiger partial charge >= 0.3 is 12.2 Å². The van der Waals surface area contributed by atoms with Crippen LogP contribution in [0.2, 0.25) is 0 Å². The SMILES string of the molecule is Cc1ccc(C(=O)CCCN(NC(=O)OC(C)(C)C)C(=O)OC(C)(C)C)cc1. The Kier molecular flexibility index (Phi) is 8.02. The van der Waals surface area contributed by atoms with Crippen LogP contribution in [-0.2, 0) is 9.47 Å². The standard InChI is InChI=1S/C21H32N2O5/c1-15-10-12-16(13-11-15)17(24)9-8-14-23(19(26)28-21(5,6)7)22-18(25)27-20(2,3)4/h10-13H,8-9,14H2,1-7H3,(H,22,25). The highest BCUT2D eigenvalue weighted by molar-refractivity contribution is 5.96. The fraction of sp³-hybridized carbons (Fsp3) is 0.571. The number of ketones is 1. The summed E-state index contributed by atoms with van der Waals surface area (Å²) >= 11 is 0. The maximum atomic E-state index is 12.4. The molecule has 0 heterocycles. The maximum absolute atomic E-state index is 12.4. The van der Waals surface area contributed by atoms with E-state index in [0.29, 0.717) is 12.0 Å². The third kappa shape index (κ3) is 9.39. The Morgan fingerprint density at radius 2 is 1.46 bits per heavy atom. The number of amides is 2. The first-order valence-corrected chi connectivity index (χ1v) is 9.37. The van der Waals surface area contributed by atoms with Crippen molar-refractivity contribution in [3.63, 3.8) is 0 Å². The minimum absolute atomic E-state index is 0.0265. The Hall–Kier alpha value is -2.57. The molecule has 0 atom stereocenters. The van der Waals surface area contributed by atoms with E-state index in [4.69, 9.17) is 9.47 Å². The van der Waals surface area contributed by atoms with Crippen LogP contribution in [0.4, 0.5) is 9.59 Å². The molecule has 28 heavy (non-hydrogen) atoms. The van der Waals surface area contributed by atoms with Crippen molar-refractivity contribution in [1.82, 2.24) is 10.4 Å². The molecule has 1 rings (SSSR count). The number of hydrogen-bond donors (Lipinski definition) is 1. The lowest BCUT2D eigenvalue weighted by Crippen LogP contribution is -2.50. The lowest BCUT2D eigenvalue weighted by molar-refractivity contribution is 0.00108. The van der Waals surface area contributed by atoms with E-state index in [1.54, 1.807) is 53.7 Å². The Morgan fingerprint density at radius 3 is 1.96 bits per heavy atom. The van der Waals surface area contributed by atoms with Gasteiger partial charge < -0.3 is 9.47 Å². The third-order valence-electron chi connectivity index (χ3n) is 3.40. The van der Waals surface area contributed by atoms with Gasteiger partial charge in [0.1, 0.15) is 11.2 Å². The molecule has 0 aliphatic rings. The van der Waals surface area contributed by atoms with Gasteiger partial charge in [-0.25, -0.2) is 20.0 Å². The van der Waals surface area contributed by atoms with Crippen LogP contribution in [0, 0.1) is 6.92 Å². The summed E-state index contributed by atoms with van der Waals surface area (Å²) in [4.78, 5) is 36.7. The van der Waals surface area contributed by atoms with Crippen molar-refractivity contribution in [2.24, 2.45) is 0 Å². The number of benzene rings is 1. The molecule has 0 bridgehead atoms. The normalized spacial score (nSPS) is 11.5. The lowest BCUT2D eigenvalue weighted by Gasteiger charge is -2.28. The minimum Gasteiger partial charge on any atom is -0.443 e. The van der Waals surface area contributed by atoms with E-state index >= 15 is 0 Å². The number of nitrogens with one attached hydrogen (secondary N) is 1. The highest BCUT2D eigenvalue weighted by Crippen LogP contribution is 2.12. The van der Waals surface area contributed by atoms with Gasteiger partial charge in [0.15, 0.2) is 5.78 Å². The van der Waals surface area contributed by atoms with Crippen molar-refractivity contribution < 1.29 is 23.9 Å². The number of hydrazine groups is 1. The van der Waals surface area contributed by atoms with Crippen molar-refractivity contribution >= 4 is 18.0 Å². The van der Waals surface area contributed by atoms with E-state index in [1.807, 2.05) is 19.1 Å². The quantitative estimate of drug-likeness (QED) is 0.583. The number of carbonyl (C=O) groups is 3. The number of ether oxygens (including phenoxy) is 2. The Labute approximate surface area is 167 Å². The lowest BCUT2D eigenvalue weighted by atomic mass is 10.1. The van der Waals surface area contributed by atoms with Crippen molar-refractivity contribution in [1.29, 1.82) is 0 Å². The molecule has 0 aliphatic heterocycles. The Bertz CT molecular complexity index is 684. The van der Waals surface area contributed by atoms with E-state index in [9.17, 15) is 14.4 Å². The molecule has 0 aliphatic carbocycles. The van der Waals surface area contributed by atoms with E-state index in [2.05, 4.69) is 5.43 Å². The molecule has 0 saturated heterocycles. The number of carbonyl (C=O) groups excluding carboxylic acids is 3. The average Bonchev–Trinajstić information content (AvgIpc) is 2.51. The molecule has 7 heteroatoms. The Balaban J connectivity index is 2.70. The molecule has 0 spiro atoms. The zero-order valence-electron chi connectivity index (χ0n) is 17.9. The largest absolute Gasteiger partial charge is 0.443 e. The summed E-state index contributed by atoms with van der Waals surface area (Å²) < 4.78 is 10.5. The van der Waals surface area contributed by atoms with Gasteiger partial charge in [-0.3, -0.25) is 4.79 Å². The third-order valence-corrected chi connectivity index (χ3v) is 3.40. The second-order valence-corrected chi connectivity index (χ2v) is 8.64. The molecule has 0 fully saturated rings. The van der Waals surface area contributed by atoms with Gasteiger partial charge in [0, 0.05) is 18.5 Å². The molecule has 0 unspecified atom stereocenters. The number of Topliss-reactive ketones (excluding diaryl/α,β-unsaturated/α-hetero) is 1. The van der Waals surface area contributed by atoms with Crippen molar-refractivity contribution in [3.8, 4) is 0 Å². The van der Waals surface area contributed by atoms with Crippen LogP contribution in [0.5, 0.6) is 0 Å². The summed E-state index contributed by atoms with van der Waals surface area (Å²) in [6.07, 6.45) is -0.871. The topological polar surface area (TPSA) is 84.9 Å². The fourth-order valence-corrected chi connectivity index (χ4v) is 2.20. The fourth-order valence-electron chi connectivity index (χ4n) is 2.20. The highest BCUT2D eigenvalue weighted by atomic mass is 16.6. The number of hydrogen-bond acceptors (Lipinski definition) is 5. The summed E-state index contributed by atoms with van der Waals surface area (Å²) in [5, 5.41) is 1.04.